The van der Waals surface area contributed by atoms with Crippen molar-refractivity contribution >= 4 is 11.6 Å². The van der Waals surface area contributed by atoms with E-state index in [1.165, 1.54) is 12.1 Å². The van der Waals surface area contributed by atoms with Crippen molar-refractivity contribution in [1.82, 2.24) is 0 Å². The molecule has 2 rings (SSSR count). The summed E-state index contributed by atoms with van der Waals surface area (Å²) in [5.41, 5.74) is 1.88. The van der Waals surface area contributed by atoms with E-state index in [9.17, 15) is 9.50 Å². The van der Waals surface area contributed by atoms with Crippen molar-refractivity contribution in [1.29, 1.82) is 0 Å². The van der Waals surface area contributed by atoms with Crippen LogP contribution < -0.4 is 0 Å². The summed E-state index contributed by atoms with van der Waals surface area (Å²) in [6.07, 6.45) is 0.724. The molecule has 0 aromatic heterocycles. The predicted octanol–water partition coefficient (Wildman–Crippen LogP) is 4.58. The minimum absolute atomic E-state index is 0.0531. The molecule has 3 heteroatoms. The van der Waals surface area contributed by atoms with Gasteiger partial charge in [0.1, 0.15) is 5.82 Å². The molecule has 20 heavy (non-hydrogen) atoms. The molecule has 2 aromatic carbocycles. The third-order valence-corrected chi connectivity index (χ3v) is 3.93. The number of hydrogen-bond donors (Lipinski definition) is 1. The Labute approximate surface area is 124 Å². The first-order chi connectivity index (χ1) is 9.61. The van der Waals surface area contributed by atoms with Crippen molar-refractivity contribution in [2.75, 3.05) is 0 Å². The zero-order valence-corrected chi connectivity index (χ0v) is 12.1. The Balaban J connectivity index is 2.15. The molecule has 0 aliphatic rings. The van der Waals surface area contributed by atoms with E-state index in [1.54, 1.807) is 6.07 Å². The van der Waals surface area contributed by atoms with Crippen molar-refractivity contribution in [3.05, 3.63) is 70.5 Å². The molecule has 0 amide bonds. The molecule has 2 atom stereocenters. The van der Waals surface area contributed by atoms with Gasteiger partial charge in [-0.25, -0.2) is 4.39 Å². The molecule has 0 saturated carbocycles. The number of halogens is 2. The Kier molecular flexibility index (Phi) is 5.16. The van der Waals surface area contributed by atoms with Gasteiger partial charge in [0.25, 0.3) is 0 Å². The van der Waals surface area contributed by atoms with Crippen LogP contribution in [-0.4, -0.2) is 11.2 Å². The molecule has 2 aromatic rings. The first kappa shape index (κ1) is 15.0. The van der Waals surface area contributed by atoms with E-state index >= 15 is 0 Å². The van der Waals surface area contributed by atoms with Gasteiger partial charge < -0.3 is 5.11 Å². The Morgan fingerprint density at radius 3 is 2.45 bits per heavy atom. The summed E-state index contributed by atoms with van der Waals surface area (Å²) in [6, 6.07) is 14.2. The lowest BCUT2D eigenvalue weighted by Gasteiger charge is -2.22. The standard InChI is InChI=1S/C17H18ClFO/c1-2-15(12-6-4-3-5-7-12)17(20)10-13-8-9-14(19)11-16(13)18/h3-9,11,15,17,20H,2,10H2,1H3. The van der Waals surface area contributed by atoms with Crippen molar-refractivity contribution in [2.24, 2.45) is 0 Å². The van der Waals surface area contributed by atoms with E-state index in [-0.39, 0.29) is 11.7 Å². The van der Waals surface area contributed by atoms with Crippen LogP contribution in [0, 0.1) is 5.82 Å². The van der Waals surface area contributed by atoms with Gasteiger partial charge in [0.05, 0.1) is 6.10 Å². The van der Waals surface area contributed by atoms with E-state index < -0.39 is 6.10 Å². The van der Waals surface area contributed by atoms with Crippen molar-refractivity contribution in [2.45, 2.75) is 31.8 Å². The molecule has 0 saturated heterocycles. The van der Waals surface area contributed by atoms with E-state index in [0.717, 1.165) is 17.5 Å². The van der Waals surface area contributed by atoms with Crippen LogP contribution in [0.25, 0.3) is 0 Å². The zero-order chi connectivity index (χ0) is 14.5. The van der Waals surface area contributed by atoms with Crippen LogP contribution in [0.1, 0.15) is 30.4 Å². The molecule has 0 fully saturated rings. The Hall–Kier alpha value is -1.38. The highest BCUT2D eigenvalue weighted by Crippen LogP contribution is 2.27. The number of benzene rings is 2. The van der Waals surface area contributed by atoms with Crippen LogP contribution in [0.2, 0.25) is 5.02 Å². The SMILES string of the molecule is CCC(c1ccccc1)C(O)Cc1ccc(F)cc1Cl. The highest BCUT2D eigenvalue weighted by atomic mass is 35.5. The fourth-order valence-electron chi connectivity index (χ4n) is 2.48. The van der Waals surface area contributed by atoms with Crippen LogP contribution in [0.15, 0.2) is 48.5 Å². The molecule has 0 aliphatic heterocycles. The van der Waals surface area contributed by atoms with E-state index in [2.05, 4.69) is 0 Å². The summed E-state index contributed by atoms with van der Waals surface area (Å²) < 4.78 is 13.0. The largest absolute Gasteiger partial charge is 0.392 e. The van der Waals surface area contributed by atoms with E-state index in [4.69, 9.17) is 11.6 Å². The second-order valence-electron chi connectivity index (χ2n) is 4.93. The second-order valence-corrected chi connectivity index (χ2v) is 5.34. The summed E-state index contributed by atoms with van der Waals surface area (Å²) in [5, 5.41) is 10.8. The topological polar surface area (TPSA) is 20.2 Å². The lowest BCUT2D eigenvalue weighted by atomic mass is 9.88. The van der Waals surface area contributed by atoms with Gasteiger partial charge in [0.15, 0.2) is 0 Å². The maximum atomic E-state index is 13.0. The summed E-state index contributed by atoms with van der Waals surface area (Å²) in [5.74, 6) is -0.305. The molecule has 1 N–H and O–H groups in total. The minimum Gasteiger partial charge on any atom is -0.392 e. The van der Waals surface area contributed by atoms with Gasteiger partial charge in [-0.05, 0) is 29.7 Å². The monoisotopic (exact) mass is 292 g/mol. The van der Waals surface area contributed by atoms with Crippen LogP contribution in [-0.2, 0) is 6.42 Å². The Morgan fingerprint density at radius 1 is 1.15 bits per heavy atom. The molecule has 2 unspecified atom stereocenters. The molecule has 0 aliphatic carbocycles. The Morgan fingerprint density at radius 2 is 1.85 bits per heavy atom. The highest BCUT2D eigenvalue weighted by molar-refractivity contribution is 6.31. The lowest BCUT2D eigenvalue weighted by Crippen LogP contribution is -2.21. The highest BCUT2D eigenvalue weighted by Gasteiger charge is 2.20. The molecule has 0 spiro atoms. The van der Waals surface area contributed by atoms with Gasteiger partial charge in [0.2, 0.25) is 0 Å². The van der Waals surface area contributed by atoms with Crippen LogP contribution in [0.4, 0.5) is 4.39 Å². The first-order valence-corrected chi connectivity index (χ1v) is 7.16. The fourth-order valence-corrected chi connectivity index (χ4v) is 2.73. The molecular weight excluding hydrogens is 275 g/mol. The average molecular weight is 293 g/mol. The molecule has 106 valence electrons. The number of hydrogen-bond acceptors (Lipinski definition) is 1. The van der Waals surface area contributed by atoms with Crippen LogP contribution in [0.3, 0.4) is 0 Å². The molecule has 1 nitrogen and oxygen atoms in total. The number of rotatable bonds is 5. The first-order valence-electron chi connectivity index (χ1n) is 6.78. The Bertz CT molecular complexity index is 556. The van der Waals surface area contributed by atoms with Gasteiger partial charge in [-0.1, -0.05) is 54.9 Å². The number of aliphatic hydroxyl groups is 1. The van der Waals surface area contributed by atoms with Gasteiger partial charge in [-0.2, -0.15) is 0 Å². The third-order valence-electron chi connectivity index (χ3n) is 3.58. The number of aliphatic hydroxyl groups excluding tert-OH is 1. The fraction of sp³-hybridized carbons (Fsp3) is 0.294. The summed E-state index contributed by atoms with van der Waals surface area (Å²) in [4.78, 5) is 0. The van der Waals surface area contributed by atoms with Crippen molar-refractivity contribution < 1.29 is 9.50 Å². The normalized spacial score (nSPS) is 14.0. The molecule has 0 radical (unpaired) electrons. The maximum absolute atomic E-state index is 13.0. The quantitative estimate of drug-likeness (QED) is 0.855. The smallest absolute Gasteiger partial charge is 0.124 e. The van der Waals surface area contributed by atoms with Crippen LogP contribution >= 0.6 is 11.6 Å². The summed E-state index contributed by atoms with van der Waals surface area (Å²) in [7, 11) is 0. The molecule has 0 bridgehead atoms. The van der Waals surface area contributed by atoms with Crippen molar-refractivity contribution in [3.8, 4) is 0 Å². The van der Waals surface area contributed by atoms with Crippen LogP contribution in [0.5, 0.6) is 0 Å². The molecular formula is C17H18ClFO. The summed E-state index contributed by atoms with van der Waals surface area (Å²) >= 11 is 6.02. The van der Waals surface area contributed by atoms with Gasteiger partial charge in [-0.15, -0.1) is 0 Å². The van der Waals surface area contributed by atoms with Gasteiger partial charge in [0, 0.05) is 17.4 Å². The third kappa shape index (κ3) is 3.59. The van der Waals surface area contributed by atoms with Crippen molar-refractivity contribution in [3.63, 3.8) is 0 Å². The lowest BCUT2D eigenvalue weighted by molar-refractivity contribution is 0.141. The molecule has 0 heterocycles. The van der Waals surface area contributed by atoms with E-state index in [1.807, 2.05) is 37.3 Å². The maximum Gasteiger partial charge on any atom is 0.124 e. The average Bonchev–Trinajstić information content (AvgIpc) is 2.44. The zero-order valence-electron chi connectivity index (χ0n) is 11.4. The minimum atomic E-state index is -0.537. The summed E-state index contributed by atoms with van der Waals surface area (Å²) in [6.45, 7) is 2.05. The second kappa shape index (κ2) is 6.87. The van der Waals surface area contributed by atoms with E-state index in [0.29, 0.717) is 11.4 Å². The predicted molar refractivity (Wildman–Crippen MR) is 80.6 cm³/mol. The van der Waals surface area contributed by atoms with Gasteiger partial charge >= 0.3 is 0 Å². The van der Waals surface area contributed by atoms with Gasteiger partial charge in [-0.3, -0.25) is 0 Å².